The van der Waals surface area contributed by atoms with Gasteiger partial charge in [0.1, 0.15) is 0 Å². The summed E-state index contributed by atoms with van der Waals surface area (Å²) in [6.45, 7) is 0. The molecule has 0 heterocycles. The summed E-state index contributed by atoms with van der Waals surface area (Å²) in [5.41, 5.74) is 0. The Kier molecular flexibility index (Phi) is 1350. The Morgan fingerprint density at radius 1 is 1.00 bits per heavy atom. The molecule has 1 unspecified atom stereocenters. The van der Waals surface area contributed by atoms with E-state index in [1.165, 1.54) is 0 Å². The van der Waals surface area contributed by atoms with Gasteiger partial charge in [-0.2, -0.15) is 9.90 Å². The zero-order chi connectivity index (χ0) is 0. The van der Waals surface area contributed by atoms with Crippen molar-refractivity contribution in [3.8, 4) is 0 Å². The van der Waals surface area contributed by atoms with Crippen LogP contribution in [0.2, 0.25) is 0 Å². The first kappa shape index (κ1) is 111. The van der Waals surface area contributed by atoms with Crippen molar-refractivity contribution in [2.75, 3.05) is 0 Å². The van der Waals surface area contributed by atoms with Crippen LogP contribution in [0.15, 0.2) is 0 Å². The van der Waals surface area contributed by atoms with Crippen LogP contribution in [0, 0.1) is 0 Å². The lowest BCUT2D eigenvalue weighted by atomic mass is 10.8. The average molecular weight is 123 g/mol. The van der Waals surface area contributed by atoms with Crippen molar-refractivity contribution >= 4 is 46.6 Å². The van der Waals surface area contributed by atoms with Crippen molar-refractivity contribution < 1.29 is 0 Å². The highest BCUT2D eigenvalue weighted by Gasteiger charge is 0.187. The highest BCUT2D eigenvalue weighted by atomic mass is 31.0. The molecule has 0 aromatic rings. The fourth-order valence-corrected chi connectivity index (χ4v) is 0. The third-order valence-corrected chi connectivity index (χ3v) is 0. The summed E-state index contributed by atoms with van der Waals surface area (Å²) >= 11 is 0. The van der Waals surface area contributed by atoms with Crippen LogP contribution in [0.4, 0.5) is 0 Å². The van der Waals surface area contributed by atoms with Gasteiger partial charge in [0.05, 0.1) is 0 Å². The summed E-state index contributed by atoms with van der Waals surface area (Å²) in [4.78, 5) is 0. The van der Waals surface area contributed by atoms with Crippen LogP contribution < -0.4 is 0 Å². The molecule has 4 heteroatoms. The van der Waals surface area contributed by atoms with E-state index < -0.39 is 0 Å². The Labute approximate surface area is 54.5 Å². The van der Waals surface area contributed by atoms with Gasteiger partial charge in [-0.25, -0.2) is 0 Å². The Balaban J connectivity index is 0. The fraction of sp³-hybridized carbons (Fsp3) is 1.00. The van der Waals surface area contributed by atoms with Crippen LogP contribution >= 0.6 is 9.90 Å². The van der Waals surface area contributed by atoms with Gasteiger partial charge < -0.3 is 0 Å². The molecule has 0 saturated heterocycles. The lowest BCUT2D eigenvalue weighted by Gasteiger charge is -0.153. The molecule has 0 rings (SSSR count). The minimum atomic E-state index is 0. The van der Waals surface area contributed by atoms with Crippen LogP contribution in [0.5, 0.6) is 0 Å². The van der Waals surface area contributed by atoms with Gasteiger partial charge in [0, 0.05) is 8.41 Å². The molecular formula is CH14AlBPSi. The van der Waals surface area contributed by atoms with Crippen molar-refractivity contribution in [3.63, 3.8) is 0 Å². The molecule has 0 aromatic heterocycles. The molecule has 1 atom stereocenters. The van der Waals surface area contributed by atoms with Crippen molar-refractivity contribution in [1.29, 1.82) is 0 Å². The van der Waals surface area contributed by atoms with Gasteiger partial charge in [0.2, 0.25) is 0 Å². The first-order chi connectivity index (χ1) is 0. The summed E-state index contributed by atoms with van der Waals surface area (Å²) in [6.07, 6.45) is 0. The van der Waals surface area contributed by atoms with Crippen LogP contribution in [0.3, 0.4) is 0 Å². The van der Waals surface area contributed by atoms with E-state index in [4.69, 9.17) is 0 Å². The molecule has 33 valence electrons. The van der Waals surface area contributed by atoms with E-state index in [2.05, 4.69) is 0 Å². The third kappa shape index (κ3) is 35.7. The average Bonchev–Trinajstić information content (AvgIpc) is 0. The third-order valence-electron chi connectivity index (χ3n) is 0. The van der Waals surface area contributed by atoms with Crippen molar-refractivity contribution in [3.05, 3.63) is 0 Å². The van der Waals surface area contributed by atoms with E-state index in [9.17, 15) is 0 Å². The largest absolute Gasteiger partial charge is 0.187 e. The molecule has 0 fully saturated rings. The minimum absolute atomic E-state index is 0. The Bertz CT molecular complexity index is 11.6. The molecule has 0 nitrogen and oxygen atoms in total. The summed E-state index contributed by atoms with van der Waals surface area (Å²) in [5, 5.41) is 0. The first-order valence-electron chi connectivity index (χ1n) is 0. The molecule has 0 bridgehead atoms. The zero-order valence-corrected chi connectivity index (χ0v) is 2.70. The summed E-state index contributed by atoms with van der Waals surface area (Å²) in [5.74, 6) is 0. The molecule has 0 amide bonds. The van der Waals surface area contributed by atoms with Gasteiger partial charge >= 0.3 is 0 Å². The Hall–Kier alpha value is 1.24. The number of rotatable bonds is 0. The van der Waals surface area contributed by atoms with E-state index in [1.807, 2.05) is 0 Å². The molecule has 3 radical (unpaired) electrons. The molecular weight excluding hydrogens is 109 g/mol. The van der Waals surface area contributed by atoms with Gasteiger partial charge in [-0.05, 0) is 11.0 Å². The van der Waals surface area contributed by atoms with Gasteiger partial charge in [-0.15, -0.1) is 0 Å². The summed E-state index contributed by atoms with van der Waals surface area (Å²) in [7, 11) is 0. The normalized spacial score (nSPS) is 0. The van der Waals surface area contributed by atoms with Crippen molar-refractivity contribution in [2.45, 2.75) is 7.43 Å². The molecule has 0 N–H and O–H groups in total. The maximum Gasteiger partial charge on any atom is 0.187 e. The molecule has 0 aliphatic heterocycles. The van der Waals surface area contributed by atoms with E-state index in [0.717, 1.165) is 0 Å². The number of hydrogen-bond acceptors (Lipinski definition) is 0. The van der Waals surface area contributed by atoms with Crippen LogP contribution in [0.1, 0.15) is 7.43 Å². The molecule has 0 aliphatic rings. The quantitative estimate of drug-likeness (QED) is 0.250. The first-order valence-corrected chi connectivity index (χ1v) is 0. The topological polar surface area (TPSA) is 0 Å². The Morgan fingerprint density at radius 2 is 1.00 bits per heavy atom. The van der Waals surface area contributed by atoms with E-state index in [0.29, 0.717) is 0 Å². The minimum Gasteiger partial charge on any atom is -0.153 e. The zero-order valence-electron chi connectivity index (χ0n) is 1.28. The molecule has 0 saturated carbocycles. The summed E-state index contributed by atoms with van der Waals surface area (Å²) < 4.78 is 0. The standard InChI is InChI=1S/CH4.Al.B.H3P.H4Si.3H/h1H4;;;1H3;1H4;;;. The van der Waals surface area contributed by atoms with Gasteiger partial charge in [0.25, 0.3) is 0 Å². The maximum atomic E-state index is 0. The SMILES string of the molecule is C.P.[AlH3].[B].[SiH4]. The molecule has 0 aromatic carbocycles. The second kappa shape index (κ2) is 61.0. The highest BCUT2D eigenvalue weighted by Crippen LogP contribution is 0.861. The second-order valence-electron chi connectivity index (χ2n) is 0. The van der Waals surface area contributed by atoms with Gasteiger partial charge in [-0.3, -0.25) is 0 Å². The van der Waals surface area contributed by atoms with Crippen molar-refractivity contribution in [1.82, 2.24) is 0 Å². The lowest BCUT2D eigenvalue weighted by molar-refractivity contribution is 2.50. The van der Waals surface area contributed by atoms with Gasteiger partial charge in [-0.1, -0.05) is 7.43 Å². The predicted octanol–water partition coefficient (Wildman–Crippen LogP) is -2.32. The van der Waals surface area contributed by atoms with Gasteiger partial charge in [0.15, 0.2) is 17.4 Å². The fourth-order valence-electron chi connectivity index (χ4n) is 0. The molecule has 0 aliphatic carbocycles. The van der Waals surface area contributed by atoms with E-state index in [1.54, 1.807) is 0 Å². The van der Waals surface area contributed by atoms with Crippen LogP contribution in [-0.2, 0) is 0 Å². The predicted molar refractivity (Wildman–Crippen MR) is 44.9 cm³/mol. The van der Waals surface area contributed by atoms with Crippen molar-refractivity contribution in [2.24, 2.45) is 0 Å². The lowest BCUT2D eigenvalue weighted by Crippen LogP contribution is -0.382. The smallest absolute Gasteiger partial charge is 0.153 e. The van der Waals surface area contributed by atoms with E-state index in [-0.39, 0.29) is 54.1 Å². The maximum absolute atomic E-state index is 0. The summed E-state index contributed by atoms with van der Waals surface area (Å²) in [6, 6.07) is 0. The van der Waals surface area contributed by atoms with Crippen LogP contribution in [-0.4, -0.2) is 36.7 Å². The monoisotopic (exact) mass is 123 g/mol. The molecule has 5 heavy (non-hydrogen) atoms. The number of hydrogen-bond donors (Lipinski definition) is 0. The van der Waals surface area contributed by atoms with Crippen LogP contribution in [0.25, 0.3) is 0 Å². The Morgan fingerprint density at radius 3 is 1.00 bits per heavy atom. The van der Waals surface area contributed by atoms with E-state index >= 15 is 0 Å². The molecule has 0 spiro atoms. The second-order valence-corrected chi connectivity index (χ2v) is 0. The highest BCUT2D eigenvalue weighted by molar-refractivity contribution is 6.92.